The van der Waals surface area contributed by atoms with Crippen LogP contribution in [0.3, 0.4) is 0 Å². The first kappa shape index (κ1) is 17.7. The second kappa shape index (κ2) is 7.38. The second-order valence-corrected chi connectivity index (χ2v) is 6.41. The number of nitrogens with zero attached hydrogens (tertiary/aromatic N) is 2. The predicted molar refractivity (Wildman–Crippen MR) is 103 cm³/mol. The molecule has 0 saturated heterocycles. The summed E-state index contributed by atoms with van der Waals surface area (Å²) in [6, 6.07) is 8.00. The lowest BCUT2D eigenvalue weighted by Crippen LogP contribution is -1.95. The Balaban J connectivity index is 1.95. The molecule has 5 N–H and O–H groups in total. The number of hydrogen-bond acceptors (Lipinski definition) is 6. The Kier molecular flexibility index (Phi) is 5.22. The van der Waals surface area contributed by atoms with Gasteiger partial charge in [-0.3, -0.25) is 0 Å². The molecule has 0 unspecified atom stereocenters. The van der Waals surface area contributed by atoms with Gasteiger partial charge in [0.25, 0.3) is 0 Å². The molecule has 2 aromatic carbocycles. The number of nitrogen functional groups attached to an aromatic ring is 1. The molecule has 10 heteroatoms. The van der Waals surface area contributed by atoms with Crippen LogP contribution in [0.4, 0.5) is 27.7 Å². The first-order valence-electron chi connectivity index (χ1n) is 7.01. The smallest absolute Gasteiger partial charge is 0.248 e. The maximum atomic E-state index is 14.4. The second-order valence-electron chi connectivity index (χ2n) is 4.98. The Morgan fingerprint density at radius 2 is 1.88 bits per heavy atom. The lowest BCUT2D eigenvalue weighted by atomic mass is 10.0. The van der Waals surface area contributed by atoms with Crippen LogP contribution in [0.15, 0.2) is 30.3 Å². The molecule has 0 spiro atoms. The fourth-order valence-corrected chi connectivity index (χ4v) is 3.31. The van der Waals surface area contributed by atoms with Crippen molar-refractivity contribution in [2.45, 2.75) is 0 Å². The maximum absolute atomic E-state index is 14.4. The van der Waals surface area contributed by atoms with Gasteiger partial charge in [-0.1, -0.05) is 35.1 Å². The lowest BCUT2D eigenvalue weighted by Gasteiger charge is -2.12. The van der Waals surface area contributed by atoms with E-state index < -0.39 is 5.82 Å². The molecule has 6 nitrogen and oxygen atoms in total. The van der Waals surface area contributed by atoms with E-state index in [-0.39, 0.29) is 11.9 Å². The molecule has 3 rings (SSSR count). The number of aromatic amines is 1. The van der Waals surface area contributed by atoms with Gasteiger partial charge in [-0.05, 0) is 30.3 Å². The molecule has 0 aliphatic carbocycles. The molecule has 1 aromatic heterocycles. The molecule has 25 heavy (non-hydrogen) atoms. The fourth-order valence-electron chi connectivity index (χ4n) is 2.26. The summed E-state index contributed by atoms with van der Waals surface area (Å²) < 4.78 is 17.4. The van der Waals surface area contributed by atoms with Crippen LogP contribution in [0.5, 0.6) is 0 Å². The number of nitrogens with one attached hydrogen (secondary N) is 3. The highest BCUT2D eigenvalue weighted by atomic mass is 35.5. The van der Waals surface area contributed by atoms with Crippen molar-refractivity contribution in [2.75, 3.05) is 22.0 Å². The minimum atomic E-state index is -0.426. The maximum Gasteiger partial charge on any atom is 0.248 e. The van der Waals surface area contributed by atoms with Crippen LogP contribution in [0.1, 0.15) is 0 Å². The number of nitrogens with two attached hydrogens (primary N) is 1. The Morgan fingerprint density at radius 3 is 2.44 bits per heavy atom. The van der Waals surface area contributed by atoms with Crippen LogP contribution in [0.25, 0.3) is 11.1 Å². The van der Waals surface area contributed by atoms with Crippen LogP contribution in [0.2, 0.25) is 10.0 Å². The summed E-state index contributed by atoms with van der Waals surface area (Å²) in [5.74, 6) is 0.0266. The van der Waals surface area contributed by atoms with E-state index in [9.17, 15) is 4.39 Å². The van der Waals surface area contributed by atoms with Crippen LogP contribution < -0.4 is 15.8 Å². The first-order chi connectivity index (χ1) is 12.0. The van der Waals surface area contributed by atoms with Crippen molar-refractivity contribution in [2.24, 2.45) is 0 Å². The van der Waals surface area contributed by atoms with Crippen molar-refractivity contribution in [1.29, 1.82) is 0 Å². The molecule has 0 aliphatic heterocycles. The number of halogens is 3. The molecule has 0 bridgehead atoms. The SMILES string of the molecule is CSNc1ccc(-c2c(Cl)cc(Nc3n[nH]c(N)n3)cc2Cl)c(F)c1. The normalized spacial score (nSPS) is 10.7. The lowest BCUT2D eigenvalue weighted by molar-refractivity contribution is 0.632. The summed E-state index contributed by atoms with van der Waals surface area (Å²) in [6.45, 7) is 0. The summed E-state index contributed by atoms with van der Waals surface area (Å²) in [7, 11) is 0. The Bertz CT molecular complexity index is 894. The van der Waals surface area contributed by atoms with Crippen molar-refractivity contribution < 1.29 is 4.39 Å². The average molecular weight is 399 g/mol. The predicted octanol–water partition coefficient (Wildman–Crippen LogP) is 4.93. The largest absolute Gasteiger partial charge is 0.368 e. The first-order valence-corrected chi connectivity index (χ1v) is 8.99. The van der Waals surface area contributed by atoms with Gasteiger partial charge in [0.1, 0.15) is 5.82 Å². The number of aromatic nitrogens is 3. The van der Waals surface area contributed by atoms with Gasteiger partial charge in [-0.15, -0.1) is 5.10 Å². The molecular weight excluding hydrogens is 386 g/mol. The van der Waals surface area contributed by atoms with Gasteiger partial charge in [-0.25, -0.2) is 9.49 Å². The summed E-state index contributed by atoms with van der Waals surface area (Å²) in [5.41, 5.74) is 7.41. The van der Waals surface area contributed by atoms with Crippen molar-refractivity contribution in [3.05, 3.63) is 46.2 Å². The minimum absolute atomic E-state index is 0.178. The monoisotopic (exact) mass is 398 g/mol. The van der Waals surface area contributed by atoms with Crippen molar-refractivity contribution in [3.8, 4) is 11.1 Å². The highest BCUT2D eigenvalue weighted by Crippen LogP contribution is 2.39. The topological polar surface area (TPSA) is 91.7 Å². The summed E-state index contributed by atoms with van der Waals surface area (Å²) in [5, 5.41) is 9.88. The van der Waals surface area contributed by atoms with E-state index in [0.717, 1.165) is 0 Å². The number of anilines is 4. The van der Waals surface area contributed by atoms with Crippen LogP contribution in [0, 0.1) is 5.82 Å². The molecule has 0 amide bonds. The molecular formula is C15H13Cl2FN6S. The zero-order chi connectivity index (χ0) is 18.0. The summed E-state index contributed by atoms with van der Waals surface area (Å²) in [4.78, 5) is 3.93. The Hall–Kier alpha value is -2.16. The van der Waals surface area contributed by atoms with Crippen molar-refractivity contribution >= 4 is 58.4 Å². The van der Waals surface area contributed by atoms with E-state index in [1.54, 1.807) is 24.3 Å². The molecule has 0 atom stereocenters. The molecule has 130 valence electrons. The number of rotatable bonds is 5. The van der Waals surface area contributed by atoms with Crippen LogP contribution in [-0.2, 0) is 0 Å². The van der Waals surface area contributed by atoms with E-state index in [0.29, 0.717) is 32.5 Å². The van der Waals surface area contributed by atoms with Gasteiger partial charge < -0.3 is 15.8 Å². The summed E-state index contributed by atoms with van der Waals surface area (Å²) in [6.07, 6.45) is 1.85. The van der Waals surface area contributed by atoms with Gasteiger partial charge in [-0.2, -0.15) is 4.98 Å². The zero-order valence-electron chi connectivity index (χ0n) is 12.9. The van der Waals surface area contributed by atoms with Crippen LogP contribution >= 0.6 is 35.1 Å². The van der Waals surface area contributed by atoms with Gasteiger partial charge >= 0.3 is 0 Å². The minimum Gasteiger partial charge on any atom is -0.368 e. The highest BCUT2D eigenvalue weighted by Gasteiger charge is 2.15. The third kappa shape index (κ3) is 3.92. The third-order valence-corrected chi connectivity index (χ3v) is 4.30. The van der Waals surface area contributed by atoms with Gasteiger partial charge in [0.15, 0.2) is 0 Å². The molecule has 0 saturated carbocycles. The molecule has 0 aliphatic rings. The van der Waals surface area contributed by atoms with Crippen molar-refractivity contribution in [3.63, 3.8) is 0 Å². The Morgan fingerprint density at radius 1 is 1.16 bits per heavy atom. The van der Waals surface area contributed by atoms with E-state index >= 15 is 0 Å². The van der Waals surface area contributed by atoms with Crippen LogP contribution in [-0.4, -0.2) is 21.4 Å². The molecule has 0 fully saturated rings. The molecule has 1 heterocycles. The summed E-state index contributed by atoms with van der Waals surface area (Å²) >= 11 is 14.0. The quantitative estimate of drug-likeness (QED) is 0.455. The van der Waals surface area contributed by atoms with E-state index in [4.69, 9.17) is 28.9 Å². The fraction of sp³-hybridized carbons (Fsp3) is 0.0667. The molecule has 0 radical (unpaired) electrons. The third-order valence-electron chi connectivity index (χ3n) is 3.26. The van der Waals surface area contributed by atoms with Crippen molar-refractivity contribution in [1.82, 2.24) is 15.2 Å². The average Bonchev–Trinajstić information content (AvgIpc) is 2.94. The number of benzene rings is 2. The van der Waals surface area contributed by atoms with Gasteiger partial charge in [0, 0.05) is 28.8 Å². The molecule has 3 aromatic rings. The van der Waals surface area contributed by atoms with Gasteiger partial charge in [0.2, 0.25) is 11.9 Å². The standard InChI is InChI=1S/C15H13Cl2FN6S/c1-25-24-7-2-3-9(12(18)6-7)13-10(16)4-8(5-11(13)17)20-15-21-14(19)22-23-15/h2-6,24H,1H3,(H4,19,20,21,22,23). The number of H-pyrrole nitrogens is 1. The number of hydrogen-bond donors (Lipinski definition) is 4. The van der Waals surface area contributed by atoms with E-state index in [2.05, 4.69) is 25.2 Å². The van der Waals surface area contributed by atoms with Gasteiger partial charge in [0.05, 0.1) is 10.0 Å². The van der Waals surface area contributed by atoms with E-state index in [1.165, 1.54) is 18.0 Å². The van der Waals surface area contributed by atoms with E-state index in [1.807, 2.05) is 6.26 Å². The highest BCUT2D eigenvalue weighted by molar-refractivity contribution is 7.99. The Labute approximate surface area is 157 Å². The zero-order valence-corrected chi connectivity index (χ0v) is 15.2.